The molecule has 10 heteroatoms. The fourth-order valence-electron chi connectivity index (χ4n) is 2.38. The van der Waals surface area contributed by atoms with Crippen LogP contribution in [-0.4, -0.2) is 51.7 Å². The minimum absolute atomic E-state index is 0.206. The molecule has 1 aromatic heterocycles. The normalized spacial score (nSPS) is 19.5. The van der Waals surface area contributed by atoms with Gasteiger partial charge in [-0.15, -0.1) is 10.2 Å². The Labute approximate surface area is 123 Å². The lowest BCUT2D eigenvalue weighted by molar-refractivity contribution is -0.142. The molecule has 1 aliphatic heterocycles. The van der Waals surface area contributed by atoms with E-state index in [0.29, 0.717) is 18.7 Å². The van der Waals surface area contributed by atoms with Gasteiger partial charge >= 0.3 is 5.97 Å². The summed E-state index contributed by atoms with van der Waals surface area (Å²) in [6.45, 7) is 2.10. The van der Waals surface area contributed by atoms with Crippen molar-refractivity contribution in [3.8, 4) is 0 Å². The smallest absolute Gasteiger partial charge is 0.306 e. The minimum atomic E-state index is -3.67. The molecule has 0 aromatic carbocycles. The highest BCUT2D eigenvalue weighted by Gasteiger charge is 2.32. The van der Waals surface area contributed by atoms with E-state index in [0.717, 1.165) is 0 Å². The molecular weight excluding hydrogens is 298 g/mol. The highest BCUT2D eigenvalue weighted by atomic mass is 32.2. The Morgan fingerprint density at radius 1 is 1.48 bits per heavy atom. The molecule has 21 heavy (non-hydrogen) atoms. The second kappa shape index (κ2) is 6.08. The topological polar surface area (TPSA) is 117 Å². The summed E-state index contributed by atoms with van der Waals surface area (Å²) < 4.78 is 30.0. The lowest BCUT2D eigenvalue weighted by Crippen LogP contribution is -2.46. The van der Waals surface area contributed by atoms with Crippen LogP contribution in [0.2, 0.25) is 0 Å². The molecule has 0 spiro atoms. The number of carboxylic acid groups (broad SMARTS) is 1. The number of hydrogen-bond donors (Lipinski definition) is 2. The molecule has 0 radical (unpaired) electrons. The Bertz CT molecular complexity index is 606. The van der Waals surface area contributed by atoms with Gasteiger partial charge in [0, 0.05) is 20.1 Å². The second-order valence-corrected chi connectivity index (χ2v) is 6.86. The molecule has 0 saturated carbocycles. The third-order valence-electron chi connectivity index (χ3n) is 3.60. The zero-order valence-electron chi connectivity index (χ0n) is 11.9. The molecule has 1 saturated heterocycles. The van der Waals surface area contributed by atoms with Crippen LogP contribution >= 0.6 is 0 Å². The predicted octanol–water partition coefficient (Wildman–Crippen LogP) is -0.493. The van der Waals surface area contributed by atoms with E-state index in [1.807, 2.05) is 0 Å². The lowest BCUT2D eigenvalue weighted by atomic mass is 9.99. The van der Waals surface area contributed by atoms with Crippen LogP contribution in [0.15, 0.2) is 6.33 Å². The molecule has 1 aromatic rings. The zero-order valence-corrected chi connectivity index (χ0v) is 12.7. The van der Waals surface area contributed by atoms with Gasteiger partial charge in [-0.3, -0.25) is 4.79 Å². The average Bonchev–Trinajstić information content (AvgIpc) is 2.84. The number of aromatic nitrogens is 3. The quantitative estimate of drug-likeness (QED) is 0.756. The first kappa shape index (κ1) is 15.9. The van der Waals surface area contributed by atoms with Gasteiger partial charge in [-0.25, -0.2) is 0 Å². The third-order valence-corrected chi connectivity index (χ3v) is 5.30. The molecule has 118 valence electrons. The van der Waals surface area contributed by atoms with Gasteiger partial charge in [0.2, 0.25) is 0 Å². The van der Waals surface area contributed by atoms with Gasteiger partial charge in [-0.1, -0.05) is 0 Å². The summed E-state index contributed by atoms with van der Waals surface area (Å²) in [5.41, 5.74) is 0. The van der Waals surface area contributed by atoms with Gasteiger partial charge < -0.3 is 9.67 Å². The van der Waals surface area contributed by atoms with Crippen LogP contribution in [0.4, 0.5) is 0 Å². The molecule has 0 bridgehead atoms. The molecule has 0 amide bonds. The van der Waals surface area contributed by atoms with Gasteiger partial charge in [0.15, 0.2) is 5.82 Å². The summed E-state index contributed by atoms with van der Waals surface area (Å²) in [4.78, 5) is 10.9. The SMILES string of the molecule is CC(NS(=O)(=O)N1CCC(C(=O)O)CC1)c1nncn1C. The van der Waals surface area contributed by atoms with Crippen molar-refractivity contribution in [1.82, 2.24) is 23.8 Å². The van der Waals surface area contributed by atoms with Crippen LogP contribution in [0, 0.1) is 5.92 Å². The maximum absolute atomic E-state index is 12.3. The number of carbonyl (C=O) groups is 1. The number of piperidine rings is 1. The summed E-state index contributed by atoms with van der Waals surface area (Å²) in [6.07, 6.45) is 2.15. The molecular formula is C11H19N5O4S. The van der Waals surface area contributed by atoms with E-state index in [1.165, 1.54) is 10.6 Å². The number of hydrogen-bond acceptors (Lipinski definition) is 5. The maximum atomic E-state index is 12.3. The zero-order chi connectivity index (χ0) is 15.6. The minimum Gasteiger partial charge on any atom is -0.481 e. The molecule has 1 atom stereocenters. The van der Waals surface area contributed by atoms with Crippen LogP contribution in [0.5, 0.6) is 0 Å². The van der Waals surface area contributed by atoms with E-state index in [4.69, 9.17) is 5.11 Å². The van der Waals surface area contributed by atoms with Crippen LogP contribution in [-0.2, 0) is 22.1 Å². The largest absolute Gasteiger partial charge is 0.481 e. The standard InChI is InChI=1S/C11H19N5O4S/c1-8(10-13-12-7-15(10)2)14-21(19,20)16-5-3-9(4-6-16)11(17)18/h7-9,14H,3-6H2,1-2H3,(H,17,18). The van der Waals surface area contributed by atoms with E-state index in [2.05, 4.69) is 14.9 Å². The fourth-order valence-corrected chi connectivity index (χ4v) is 3.77. The number of rotatable bonds is 5. The number of nitrogens with zero attached hydrogens (tertiary/aromatic N) is 4. The predicted molar refractivity (Wildman–Crippen MR) is 73.4 cm³/mol. The fraction of sp³-hybridized carbons (Fsp3) is 0.727. The summed E-state index contributed by atoms with van der Waals surface area (Å²) in [5.74, 6) is -0.820. The molecule has 2 rings (SSSR count). The molecule has 2 N–H and O–H groups in total. The van der Waals surface area contributed by atoms with Gasteiger partial charge in [-0.05, 0) is 19.8 Å². The third kappa shape index (κ3) is 3.57. The van der Waals surface area contributed by atoms with Crippen molar-refractivity contribution >= 4 is 16.2 Å². The summed E-state index contributed by atoms with van der Waals surface area (Å²) in [7, 11) is -1.93. The van der Waals surface area contributed by atoms with Crippen molar-refractivity contribution in [2.24, 2.45) is 13.0 Å². The molecule has 0 aliphatic carbocycles. The van der Waals surface area contributed by atoms with E-state index in [1.54, 1.807) is 18.5 Å². The number of carboxylic acids is 1. The van der Waals surface area contributed by atoms with Crippen molar-refractivity contribution in [2.45, 2.75) is 25.8 Å². The molecule has 1 fully saturated rings. The van der Waals surface area contributed by atoms with Crippen molar-refractivity contribution in [3.05, 3.63) is 12.2 Å². The van der Waals surface area contributed by atoms with Crippen molar-refractivity contribution in [3.63, 3.8) is 0 Å². The Hall–Kier alpha value is -1.52. The Kier molecular flexibility index (Phi) is 4.59. The lowest BCUT2D eigenvalue weighted by Gasteiger charge is -2.30. The number of aryl methyl sites for hydroxylation is 1. The van der Waals surface area contributed by atoms with Crippen LogP contribution in [0.1, 0.15) is 31.6 Å². The van der Waals surface area contributed by atoms with Crippen molar-refractivity contribution in [1.29, 1.82) is 0 Å². The van der Waals surface area contributed by atoms with E-state index in [9.17, 15) is 13.2 Å². The first-order valence-corrected chi connectivity index (χ1v) is 8.09. The highest BCUT2D eigenvalue weighted by molar-refractivity contribution is 7.87. The van der Waals surface area contributed by atoms with Gasteiger partial charge in [-0.2, -0.15) is 17.4 Å². The van der Waals surface area contributed by atoms with E-state index in [-0.39, 0.29) is 13.1 Å². The van der Waals surface area contributed by atoms with Gasteiger partial charge in [0.1, 0.15) is 6.33 Å². The van der Waals surface area contributed by atoms with Crippen molar-refractivity contribution in [2.75, 3.05) is 13.1 Å². The van der Waals surface area contributed by atoms with E-state index >= 15 is 0 Å². The van der Waals surface area contributed by atoms with Crippen LogP contribution < -0.4 is 4.72 Å². The van der Waals surface area contributed by atoms with Gasteiger partial charge in [0.25, 0.3) is 10.2 Å². The Morgan fingerprint density at radius 3 is 2.57 bits per heavy atom. The Morgan fingerprint density at radius 2 is 2.10 bits per heavy atom. The van der Waals surface area contributed by atoms with E-state index < -0.39 is 28.1 Å². The summed E-state index contributed by atoms with van der Waals surface area (Å²) in [6, 6.07) is -0.514. The van der Waals surface area contributed by atoms with Crippen molar-refractivity contribution < 1.29 is 18.3 Å². The average molecular weight is 317 g/mol. The number of nitrogens with one attached hydrogen (secondary N) is 1. The first-order chi connectivity index (χ1) is 9.81. The highest BCUT2D eigenvalue weighted by Crippen LogP contribution is 2.20. The maximum Gasteiger partial charge on any atom is 0.306 e. The summed E-state index contributed by atoms with van der Waals surface area (Å²) >= 11 is 0. The van der Waals surface area contributed by atoms with Crippen LogP contribution in [0.25, 0.3) is 0 Å². The van der Waals surface area contributed by atoms with Crippen LogP contribution in [0.3, 0.4) is 0 Å². The summed E-state index contributed by atoms with van der Waals surface area (Å²) in [5, 5.41) is 16.5. The van der Waals surface area contributed by atoms with Gasteiger partial charge in [0.05, 0.1) is 12.0 Å². The number of aliphatic carboxylic acids is 1. The monoisotopic (exact) mass is 317 g/mol. The molecule has 1 aliphatic rings. The first-order valence-electron chi connectivity index (χ1n) is 6.65. The molecule has 2 heterocycles. The molecule has 9 nitrogen and oxygen atoms in total. The second-order valence-electron chi connectivity index (χ2n) is 5.16. The Balaban J connectivity index is 2.00. The molecule has 1 unspecified atom stereocenters.